The van der Waals surface area contributed by atoms with Crippen LogP contribution in [0.15, 0.2) is 30.5 Å². The molecule has 0 bridgehead atoms. The fraction of sp³-hybridized carbons (Fsp3) is 0.308. The molecule has 4 heteroatoms. The number of benzene rings is 1. The number of H-pyrrole nitrogens is 1. The molecule has 3 nitrogen and oxygen atoms in total. The Morgan fingerprint density at radius 1 is 1.29 bits per heavy atom. The molecule has 1 saturated carbocycles. The van der Waals surface area contributed by atoms with Gasteiger partial charge in [-0.25, -0.2) is 9.37 Å². The molecule has 3 N–H and O–H groups in total. The van der Waals surface area contributed by atoms with Crippen LogP contribution in [0.25, 0.3) is 11.3 Å². The standard InChI is InChI=1S/C13H14FN3/c14-10-3-1-9(2-4-10)11-7-16-12(17-11)13(8-15)5-6-13/h1-4,7H,5-6,8,15H2,(H,16,17). The number of hydrogen-bond acceptors (Lipinski definition) is 2. The molecule has 88 valence electrons. The predicted molar refractivity (Wildman–Crippen MR) is 63.9 cm³/mol. The minimum absolute atomic E-state index is 0.0677. The van der Waals surface area contributed by atoms with Crippen LogP contribution in [-0.2, 0) is 5.41 Å². The van der Waals surface area contributed by atoms with E-state index >= 15 is 0 Å². The van der Waals surface area contributed by atoms with Gasteiger partial charge in [0.2, 0.25) is 0 Å². The lowest BCUT2D eigenvalue weighted by atomic mass is 10.1. The van der Waals surface area contributed by atoms with E-state index in [1.54, 1.807) is 18.3 Å². The number of imidazole rings is 1. The molecule has 2 aromatic rings. The smallest absolute Gasteiger partial charge is 0.123 e. The molecule has 1 heterocycles. The third-order valence-electron chi connectivity index (χ3n) is 3.48. The van der Waals surface area contributed by atoms with Gasteiger partial charge in [-0.05, 0) is 42.7 Å². The topological polar surface area (TPSA) is 54.7 Å². The van der Waals surface area contributed by atoms with E-state index in [4.69, 9.17) is 5.73 Å². The molecule has 0 atom stereocenters. The Morgan fingerprint density at radius 3 is 2.59 bits per heavy atom. The minimum Gasteiger partial charge on any atom is -0.342 e. The second kappa shape index (κ2) is 3.67. The van der Waals surface area contributed by atoms with Crippen molar-refractivity contribution in [1.82, 2.24) is 9.97 Å². The molecule has 0 aliphatic heterocycles. The van der Waals surface area contributed by atoms with E-state index in [1.165, 1.54) is 12.1 Å². The Balaban J connectivity index is 1.92. The summed E-state index contributed by atoms with van der Waals surface area (Å²) < 4.78 is 12.8. The van der Waals surface area contributed by atoms with Crippen molar-refractivity contribution in [3.63, 3.8) is 0 Å². The van der Waals surface area contributed by atoms with Crippen molar-refractivity contribution in [1.29, 1.82) is 0 Å². The van der Waals surface area contributed by atoms with Crippen LogP contribution in [0.2, 0.25) is 0 Å². The Hall–Kier alpha value is -1.68. The van der Waals surface area contributed by atoms with Gasteiger partial charge in [0.25, 0.3) is 0 Å². The van der Waals surface area contributed by atoms with Gasteiger partial charge in [-0.15, -0.1) is 0 Å². The van der Waals surface area contributed by atoms with Gasteiger partial charge < -0.3 is 10.7 Å². The summed E-state index contributed by atoms with van der Waals surface area (Å²) in [6.07, 6.45) is 3.98. The zero-order valence-electron chi connectivity index (χ0n) is 9.41. The van der Waals surface area contributed by atoms with Crippen LogP contribution in [0, 0.1) is 5.82 Å². The van der Waals surface area contributed by atoms with E-state index in [9.17, 15) is 4.39 Å². The summed E-state index contributed by atoms with van der Waals surface area (Å²) in [6, 6.07) is 6.39. The number of hydrogen-bond donors (Lipinski definition) is 2. The van der Waals surface area contributed by atoms with Gasteiger partial charge in [0.1, 0.15) is 11.6 Å². The van der Waals surface area contributed by atoms with Crippen molar-refractivity contribution in [3.8, 4) is 11.3 Å². The first kappa shape index (κ1) is 10.5. The maximum atomic E-state index is 12.8. The summed E-state index contributed by atoms with van der Waals surface area (Å²) in [5, 5.41) is 0. The summed E-state index contributed by atoms with van der Waals surface area (Å²) in [7, 11) is 0. The lowest BCUT2D eigenvalue weighted by Gasteiger charge is -2.07. The normalized spacial score (nSPS) is 17.1. The summed E-state index contributed by atoms with van der Waals surface area (Å²) in [5.74, 6) is 0.730. The molecule has 1 aliphatic rings. The van der Waals surface area contributed by atoms with E-state index < -0.39 is 0 Å². The lowest BCUT2D eigenvalue weighted by Crippen LogP contribution is -2.21. The molecule has 0 spiro atoms. The average molecular weight is 231 g/mol. The van der Waals surface area contributed by atoms with E-state index in [0.717, 1.165) is 29.9 Å². The van der Waals surface area contributed by atoms with Crippen molar-refractivity contribution >= 4 is 0 Å². The van der Waals surface area contributed by atoms with E-state index in [1.807, 2.05) is 0 Å². The van der Waals surface area contributed by atoms with Gasteiger partial charge >= 0.3 is 0 Å². The molecule has 1 aromatic carbocycles. The van der Waals surface area contributed by atoms with E-state index in [-0.39, 0.29) is 11.2 Å². The van der Waals surface area contributed by atoms with Crippen LogP contribution in [0.5, 0.6) is 0 Å². The van der Waals surface area contributed by atoms with Crippen LogP contribution >= 0.6 is 0 Å². The van der Waals surface area contributed by atoms with Crippen LogP contribution in [0.3, 0.4) is 0 Å². The van der Waals surface area contributed by atoms with Gasteiger partial charge in [-0.3, -0.25) is 0 Å². The van der Waals surface area contributed by atoms with Crippen molar-refractivity contribution in [2.24, 2.45) is 5.73 Å². The molecular formula is C13H14FN3. The van der Waals surface area contributed by atoms with Crippen molar-refractivity contribution in [2.75, 3.05) is 6.54 Å². The quantitative estimate of drug-likeness (QED) is 0.850. The Labute approximate surface area is 98.9 Å². The third kappa shape index (κ3) is 1.74. The van der Waals surface area contributed by atoms with E-state index in [0.29, 0.717) is 6.54 Å². The lowest BCUT2D eigenvalue weighted by molar-refractivity contribution is 0.628. The summed E-state index contributed by atoms with van der Waals surface area (Å²) in [6.45, 7) is 0.628. The number of nitrogens with zero attached hydrogens (tertiary/aromatic N) is 1. The van der Waals surface area contributed by atoms with Crippen LogP contribution in [0.4, 0.5) is 4.39 Å². The summed E-state index contributed by atoms with van der Waals surface area (Å²) in [5.41, 5.74) is 7.69. The highest BCUT2D eigenvalue weighted by atomic mass is 19.1. The monoisotopic (exact) mass is 231 g/mol. The number of aromatic nitrogens is 2. The maximum absolute atomic E-state index is 12.8. The largest absolute Gasteiger partial charge is 0.342 e. The molecule has 0 amide bonds. The SMILES string of the molecule is NCC1(c2ncc(-c3ccc(F)cc3)[nH]2)CC1. The highest BCUT2D eigenvalue weighted by molar-refractivity contribution is 5.58. The van der Waals surface area contributed by atoms with Crippen LogP contribution < -0.4 is 5.73 Å². The fourth-order valence-corrected chi connectivity index (χ4v) is 2.06. The second-order valence-electron chi connectivity index (χ2n) is 4.64. The third-order valence-corrected chi connectivity index (χ3v) is 3.48. The number of nitrogens with one attached hydrogen (secondary N) is 1. The highest BCUT2D eigenvalue weighted by Crippen LogP contribution is 2.46. The van der Waals surface area contributed by atoms with E-state index in [2.05, 4.69) is 9.97 Å². The molecule has 0 saturated heterocycles. The Bertz CT molecular complexity index is 526. The van der Waals surface area contributed by atoms with Crippen molar-refractivity contribution < 1.29 is 4.39 Å². The minimum atomic E-state index is -0.228. The molecule has 1 aliphatic carbocycles. The summed E-state index contributed by atoms with van der Waals surface area (Å²) in [4.78, 5) is 7.68. The molecule has 17 heavy (non-hydrogen) atoms. The molecule has 0 radical (unpaired) electrons. The van der Waals surface area contributed by atoms with Crippen LogP contribution in [-0.4, -0.2) is 16.5 Å². The van der Waals surface area contributed by atoms with Crippen LogP contribution in [0.1, 0.15) is 18.7 Å². The number of nitrogens with two attached hydrogens (primary N) is 1. The Kier molecular flexibility index (Phi) is 2.26. The molecule has 3 rings (SSSR count). The molecule has 0 unspecified atom stereocenters. The summed E-state index contributed by atoms with van der Waals surface area (Å²) >= 11 is 0. The van der Waals surface area contributed by atoms with Gasteiger partial charge in [0.05, 0.1) is 11.9 Å². The first-order valence-corrected chi connectivity index (χ1v) is 5.75. The van der Waals surface area contributed by atoms with Gasteiger partial charge in [-0.2, -0.15) is 0 Å². The molecular weight excluding hydrogens is 217 g/mol. The van der Waals surface area contributed by atoms with Gasteiger partial charge in [0, 0.05) is 12.0 Å². The number of halogens is 1. The number of aromatic amines is 1. The average Bonchev–Trinajstić information content (AvgIpc) is 3.00. The first-order chi connectivity index (χ1) is 8.23. The molecule has 1 fully saturated rings. The van der Waals surface area contributed by atoms with Crippen molar-refractivity contribution in [2.45, 2.75) is 18.3 Å². The first-order valence-electron chi connectivity index (χ1n) is 5.75. The fourth-order valence-electron chi connectivity index (χ4n) is 2.06. The van der Waals surface area contributed by atoms with Gasteiger partial charge in [-0.1, -0.05) is 0 Å². The zero-order chi connectivity index (χ0) is 11.9. The molecule has 1 aromatic heterocycles. The second-order valence-corrected chi connectivity index (χ2v) is 4.64. The van der Waals surface area contributed by atoms with Crippen molar-refractivity contribution in [3.05, 3.63) is 42.1 Å². The number of rotatable bonds is 3. The maximum Gasteiger partial charge on any atom is 0.123 e. The predicted octanol–water partition coefficient (Wildman–Crippen LogP) is 2.21. The Morgan fingerprint density at radius 2 is 2.00 bits per heavy atom. The highest BCUT2D eigenvalue weighted by Gasteiger charge is 2.45. The van der Waals surface area contributed by atoms with Gasteiger partial charge in [0.15, 0.2) is 0 Å². The zero-order valence-corrected chi connectivity index (χ0v) is 9.41.